The molecule has 0 atom stereocenters. The lowest BCUT2D eigenvalue weighted by Crippen LogP contribution is -2.10. The zero-order chi connectivity index (χ0) is 46.1. The van der Waals surface area contributed by atoms with Crippen LogP contribution in [0.4, 0.5) is 17.1 Å². The number of hydrogen-bond donors (Lipinski definition) is 0. The molecule has 3 aromatic heterocycles. The van der Waals surface area contributed by atoms with Gasteiger partial charge in [0.2, 0.25) is 0 Å². The summed E-state index contributed by atoms with van der Waals surface area (Å²) in [6.07, 6.45) is 0. The van der Waals surface area contributed by atoms with Crippen molar-refractivity contribution >= 4 is 102 Å². The number of benzene rings is 11. The fourth-order valence-corrected chi connectivity index (χ4v) is 13.3. The summed E-state index contributed by atoms with van der Waals surface area (Å²) in [5.41, 5.74) is 16.6. The van der Waals surface area contributed by atoms with E-state index in [1.165, 1.54) is 112 Å². The van der Waals surface area contributed by atoms with E-state index in [1.807, 2.05) is 22.7 Å². The number of para-hydroxylation sites is 3. The Hall–Kier alpha value is -8.54. The van der Waals surface area contributed by atoms with Gasteiger partial charge in [0, 0.05) is 73.6 Å². The first kappa shape index (κ1) is 40.5. The summed E-state index contributed by atoms with van der Waals surface area (Å²) < 4.78 is 7.62. The first-order valence-electron chi connectivity index (χ1n) is 23.8. The minimum Gasteiger partial charge on any atom is -0.310 e. The van der Waals surface area contributed by atoms with E-state index < -0.39 is 0 Å². The van der Waals surface area contributed by atoms with E-state index >= 15 is 0 Å². The predicted octanol–water partition coefficient (Wildman–Crippen LogP) is 19.7. The molecular weight excluding hydrogens is 885 g/mol. The summed E-state index contributed by atoms with van der Waals surface area (Å²) in [6, 6.07) is 93.6. The monoisotopic (exact) mass is 926 g/mol. The van der Waals surface area contributed by atoms with Gasteiger partial charge in [0.1, 0.15) is 0 Å². The standard InChI is InChI=1S/C66H42N2S2/c1-2-15-43(16-3-1)44-29-31-45(32-30-44)46-33-37-48(38-34-46)67(49-39-35-47(36-40-49)50-22-14-23-55-54-20-7-12-27-62(54)69-65(50)55)61-42-41-56(66-64(61)57-21-8-13-28-63(57)70-66)53-19-6-11-26-60(53)68-58-24-9-4-17-51(58)52-18-5-10-25-59(52)68/h1-42H. The zero-order valence-electron chi connectivity index (χ0n) is 38.0. The molecule has 14 rings (SSSR count). The van der Waals surface area contributed by atoms with Crippen molar-refractivity contribution in [2.75, 3.05) is 4.90 Å². The van der Waals surface area contributed by atoms with Gasteiger partial charge in [0.05, 0.1) is 22.4 Å². The lowest BCUT2D eigenvalue weighted by atomic mass is 9.98. The maximum absolute atomic E-state index is 2.47. The molecule has 70 heavy (non-hydrogen) atoms. The molecular formula is C66H42N2S2. The fraction of sp³-hybridized carbons (Fsp3) is 0. The van der Waals surface area contributed by atoms with Crippen LogP contribution in [0.25, 0.3) is 112 Å². The molecule has 0 amide bonds. The van der Waals surface area contributed by atoms with Gasteiger partial charge in [-0.05, 0) is 94.0 Å². The molecule has 328 valence electrons. The number of aromatic nitrogens is 1. The highest BCUT2D eigenvalue weighted by atomic mass is 32.1. The Labute approximate surface area is 413 Å². The van der Waals surface area contributed by atoms with Gasteiger partial charge in [0.15, 0.2) is 0 Å². The van der Waals surface area contributed by atoms with Gasteiger partial charge >= 0.3 is 0 Å². The van der Waals surface area contributed by atoms with Crippen LogP contribution in [0.5, 0.6) is 0 Å². The Kier molecular flexibility index (Phi) is 9.61. The zero-order valence-corrected chi connectivity index (χ0v) is 39.6. The van der Waals surface area contributed by atoms with Crippen molar-refractivity contribution in [2.24, 2.45) is 0 Å². The molecule has 0 spiro atoms. The molecule has 0 unspecified atom stereocenters. The smallest absolute Gasteiger partial charge is 0.0555 e. The van der Waals surface area contributed by atoms with Crippen LogP contribution in [0.2, 0.25) is 0 Å². The van der Waals surface area contributed by atoms with Gasteiger partial charge < -0.3 is 9.47 Å². The number of rotatable bonds is 8. The van der Waals surface area contributed by atoms with Crippen molar-refractivity contribution < 1.29 is 0 Å². The molecule has 0 aliphatic rings. The third kappa shape index (κ3) is 6.60. The lowest BCUT2D eigenvalue weighted by molar-refractivity contribution is 1.18. The maximum Gasteiger partial charge on any atom is 0.0555 e. The first-order chi connectivity index (χ1) is 34.7. The fourth-order valence-electron chi connectivity index (χ4n) is 10.8. The number of anilines is 3. The van der Waals surface area contributed by atoms with Crippen LogP contribution in [-0.2, 0) is 0 Å². The third-order valence-electron chi connectivity index (χ3n) is 14.1. The van der Waals surface area contributed by atoms with Crippen LogP contribution in [0.15, 0.2) is 255 Å². The second kappa shape index (κ2) is 16.6. The van der Waals surface area contributed by atoms with Crippen molar-refractivity contribution in [2.45, 2.75) is 0 Å². The topological polar surface area (TPSA) is 8.17 Å². The van der Waals surface area contributed by atoms with E-state index in [0.717, 1.165) is 17.1 Å². The van der Waals surface area contributed by atoms with Crippen molar-refractivity contribution in [3.8, 4) is 50.2 Å². The Morgan fingerprint density at radius 2 is 0.757 bits per heavy atom. The molecule has 0 bridgehead atoms. The molecule has 0 saturated heterocycles. The van der Waals surface area contributed by atoms with Gasteiger partial charge in [0.25, 0.3) is 0 Å². The van der Waals surface area contributed by atoms with E-state index in [2.05, 4.69) is 264 Å². The van der Waals surface area contributed by atoms with Crippen molar-refractivity contribution in [1.82, 2.24) is 4.57 Å². The van der Waals surface area contributed by atoms with Gasteiger partial charge in [-0.2, -0.15) is 0 Å². The quantitative estimate of drug-likeness (QED) is 0.147. The number of nitrogens with zero attached hydrogens (tertiary/aromatic N) is 2. The Bertz CT molecular complexity index is 4220. The van der Waals surface area contributed by atoms with Gasteiger partial charge in [-0.1, -0.05) is 194 Å². The molecule has 0 saturated carbocycles. The molecule has 0 aliphatic carbocycles. The van der Waals surface area contributed by atoms with Gasteiger partial charge in [-0.15, -0.1) is 22.7 Å². The molecule has 0 aliphatic heterocycles. The molecule has 11 aromatic carbocycles. The molecule has 4 heteroatoms. The normalized spacial score (nSPS) is 11.7. The second-order valence-corrected chi connectivity index (χ2v) is 20.1. The first-order valence-corrected chi connectivity index (χ1v) is 25.5. The van der Waals surface area contributed by atoms with E-state index in [9.17, 15) is 0 Å². The Morgan fingerprint density at radius 1 is 0.286 bits per heavy atom. The number of fused-ring (bicyclic) bond motifs is 9. The van der Waals surface area contributed by atoms with Crippen molar-refractivity contribution in [1.29, 1.82) is 0 Å². The van der Waals surface area contributed by atoms with E-state index in [4.69, 9.17) is 0 Å². The van der Waals surface area contributed by atoms with Crippen LogP contribution in [0, 0.1) is 0 Å². The highest BCUT2D eigenvalue weighted by molar-refractivity contribution is 7.26. The summed E-state index contributed by atoms with van der Waals surface area (Å²) in [6.45, 7) is 0. The Morgan fingerprint density at radius 3 is 1.43 bits per heavy atom. The highest BCUT2D eigenvalue weighted by Crippen LogP contribution is 2.50. The highest BCUT2D eigenvalue weighted by Gasteiger charge is 2.24. The Balaban J connectivity index is 0.947. The molecule has 0 radical (unpaired) electrons. The predicted molar refractivity (Wildman–Crippen MR) is 303 cm³/mol. The lowest BCUT2D eigenvalue weighted by Gasteiger charge is -2.27. The second-order valence-electron chi connectivity index (χ2n) is 18.0. The van der Waals surface area contributed by atoms with Crippen LogP contribution < -0.4 is 4.90 Å². The average Bonchev–Trinajstić information content (AvgIpc) is 4.12. The van der Waals surface area contributed by atoms with Crippen LogP contribution in [0.3, 0.4) is 0 Å². The summed E-state index contributed by atoms with van der Waals surface area (Å²) in [5.74, 6) is 0. The summed E-state index contributed by atoms with van der Waals surface area (Å²) in [7, 11) is 0. The van der Waals surface area contributed by atoms with E-state index in [1.54, 1.807) is 0 Å². The average molecular weight is 927 g/mol. The minimum atomic E-state index is 1.10. The number of hydrogen-bond acceptors (Lipinski definition) is 3. The maximum atomic E-state index is 2.47. The molecule has 0 N–H and O–H groups in total. The molecule has 14 aromatic rings. The van der Waals surface area contributed by atoms with Crippen molar-refractivity contribution in [3.05, 3.63) is 255 Å². The van der Waals surface area contributed by atoms with Crippen molar-refractivity contribution in [3.63, 3.8) is 0 Å². The molecule has 3 heterocycles. The minimum absolute atomic E-state index is 1.10. The third-order valence-corrected chi connectivity index (χ3v) is 16.5. The van der Waals surface area contributed by atoms with E-state index in [0.29, 0.717) is 0 Å². The summed E-state index contributed by atoms with van der Waals surface area (Å²) in [5, 5.41) is 7.64. The summed E-state index contributed by atoms with van der Waals surface area (Å²) in [4.78, 5) is 2.47. The SMILES string of the molecule is c1ccc(-c2ccc(-c3ccc(N(c4ccc(-c5cccc6c5sc5ccccc56)cc4)c4ccc(-c5ccccc5-n5c6ccccc6c6ccccc65)c5sc6ccccc6c45)cc3)cc2)cc1. The van der Waals surface area contributed by atoms with Crippen LogP contribution in [-0.4, -0.2) is 4.57 Å². The number of thiophene rings is 2. The van der Waals surface area contributed by atoms with Gasteiger partial charge in [-0.3, -0.25) is 0 Å². The van der Waals surface area contributed by atoms with Gasteiger partial charge in [-0.25, -0.2) is 0 Å². The molecule has 2 nitrogen and oxygen atoms in total. The van der Waals surface area contributed by atoms with E-state index in [-0.39, 0.29) is 0 Å². The molecule has 0 fully saturated rings. The largest absolute Gasteiger partial charge is 0.310 e. The van der Waals surface area contributed by atoms with Crippen LogP contribution >= 0.6 is 22.7 Å². The van der Waals surface area contributed by atoms with Crippen LogP contribution in [0.1, 0.15) is 0 Å². The summed E-state index contributed by atoms with van der Waals surface area (Å²) >= 11 is 3.76.